The Morgan fingerprint density at radius 3 is 2.53 bits per heavy atom. The monoisotopic (exact) mass is 468 g/mol. The summed E-state index contributed by atoms with van der Waals surface area (Å²) in [5.74, 6) is -0.949. The van der Waals surface area contributed by atoms with E-state index in [9.17, 15) is 14.4 Å². The van der Waals surface area contributed by atoms with Crippen molar-refractivity contribution in [2.75, 3.05) is 18.5 Å². The summed E-state index contributed by atoms with van der Waals surface area (Å²) >= 11 is 0. The van der Waals surface area contributed by atoms with Gasteiger partial charge >= 0.3 is 11.9 Å². The molecule has 0 bridgehead atoms. The van der Waals surface area contributed by atoms with Gasteiger partial charge in [0.25, 0.3) is 0 Å². The molecule has 0 saturated carbocycles. The topological polar surface area (TPSA) is 137 Å². The summed E-state index contributed by atoms with van der Waals surface area (Å²) in [5.41, 5.74) is 2.08. The molecule has 0 fully saturated rings. The zero-order valence-electron chi connectivity index (χ0n) is 19.2. The van der Waals surface area contributed by atoms with Crippen LogP contribution < -0.4 is 10.6 Å². The van der Waals surface area contributed by atoms with Crippen molar-refractivity contribution in [1.82, 2.24) is 24.8 Å². The van der Waals surface area contributed by atoms with Crippen LogP contribution >= 0.6 is 0 Å². The van der Waals surface area contributed by atoms with Gasteiger partial charge in [-0.05, 0) is 25.8 Å². The lowest BCUT2D eigenvalue weighted by molar-refractivity contribution is -0.148. The van der Waals surface area contributed by atoms with E-state index in [1.165, 1.54) is 12.7 Å². The molecule has 2 aromatic heterocycles. The van der Waals surface area contributed by atoms with Crippen LogP contribution in [-0.4, -0.2) is 56.6 Å². The number of nitrogens with zero attached hydrogens (tertiary/aromatic N) is 4. The SMILES string of the molecule is CCOC(=O)CC[C@H](NC(=O)Cn1cnc2c(NCc3ccccc3)ncnc21)C(=O)OCC. The Balaban J connectivity index is 1.66. The number of fused-ring (bicyclic) bond motifs is 1. The Labute approximate surface area is 196 Å². The second kappa shape index (κ2) is 12.3. The first-order valence-electron chi connectivity index (χ1n) is 11.1. The van der Waals surface area contributed by atoms with E-state index in [0.29, 0.717) is 23.5 Å². The van der Waals surface area contributed by atoms with E-state index >= 15 is 0 Å². The van der Waals surface area contributed by atoms with Crippen molar-refractivity contribution in [3.8, 4) is 0 Å². The number of nitrogens with one attached hydrogen (secondary N) is 2. The van der Waals surface area contributed by atoms with Crippen LogP contribution in [-0.2, 0) is 36.9 Å². The Morgan fingerprint density at radius 2 is 1.79 bits per heavy atom. The summed E-state index contributed by atoms with van der Waals surface area (Å²) in [6.45, 7) is 4.20. The zero-order valence-corrected chi connectivity index (χ0v) is 19.2. The lowest BCUT2D eigenvalue weighted by atomic mass is 10.1. The van der Waals surface area contributed by atoms with Gasteiger partial charge in [-0.25, -0.2) is 19.7 Å². The van der Waals surface area contributed by atoms with Crippen molar-refractivity contribution in [2.45, 2.75) is 45.8 Å². The quantitative estimate of drug-likeness (QED) is 0.381. The summed E-state index contributed by atoms with van der Waals surface area (Å²) in [4.78, 5) is 49.5. The highest BCUT2D eigenvalue weighted by Crippen LogP contribution is 2.18. The third kappa shape index (κ3) is 6.74. The lowest BCUT2D eigenvalue weighted by Gasteiger charge is -2.17. The largest absolute Gasteiger partial charge is 0.466 e. The third-order valence-corrected chi connectivity index (χ3v) is 4.87. The van der Waals surface area contributed by atoms with Crippen molar-refractivity contribution >= 4 is 34.8 Å². The maximum Gasteiger partial charge on any atom is 0.328 e. The Kier molecular flexibility index (Phi) is 8.89. The highest BCUT2D eigenvalue weighted by Gasteiger charge is 2.24. The zero-order chi connectivity index (χ0) is 24.3. The molecule has 0 aliphatic rings. The average Bonchev–Trinajstić information content (AvgIpc) is 3.24. The Bertz CT molecular complexity index is 1120. The molecule has 34 heavy (non-hydrogen) atoms. The molecule has 2 N–H and O–H groups in total. The minimum Gasteiger partial charge on any atom is -0.466 e. The summed E-state index contributed by atoms with van der Waals surface area (Å²) < 4.78 is 11.5. The van der Waals surface area contributed by atoms with Gasteiger partial charge in [0.15, 0.2) is 11.5 Å². The Hall–Kier alpha value is -4.02. The summed E-state index contributed by atoms with van der Waals surface area (Å²) in [6, 6.07) is 8.88. The van der Waals surface area contributed by atoms with Crippen molar-refractivity contribution in [1.29, 1.82) is 0 Å². The number of hydrogen-bond donors (Lipinski definition) is 2. The number of carbonyl (C=O) groups is 3. The van der Waals surface area contributed by atoms with Crippen LogP contribution in [0.3, 0.4) is 0 Å². The molecule has 1 atom stereocenters. The highest BCUT2D eigenvalue weighted by atomic mass is 16.5. The maximum absolute atomic E-state index is 12.7. The van der Waals surface area contributed by atoms with E-state index in [2.05, 4.69) is 25.6 Å². The molecule has 1 amide bonds. The number of benzene rings is 1. The minimum atomic E-state index is -0.968. The molecule has 11 heteroatoms. The standard InChI is InChI=1S/C23H28N6O5/c1-3-33-19(31)11-10-17(23(32)34-4-2)28-18(30)13-29-15-27-20-21(25-14-26-22(20)29)24-12-16-8-6-5-7-9-16/h5-9,14-15,17H,3-4,10-13H2,1-2H3,(H,28,30)(H,24,25,26)/t17-/m0/s1. The molecule has 2 heterocycles. The van der Waals surface area contributed by atoms with Crippen molar-refractivity contribution in [3.05, 3.63) is 48.5 Å². The van der Waals surface area contributed by atoms with Crippen LogP contribution in [0.4, 0.5) is 5.82 Å². The van der Waals surface area contributed by atoms with Gasteiger partial charge in [-0.3, -0.25) is 9.59 Å². The average molecular weight is 469 g/mol. The molecule has 180 valence electrons. The minimum absolute atomic E-state index is 0.0186. The maximum atomic E-state index is 12.7. The highest BCUT2D eigenvalue weighted by molar-refractivity contribution is 5.87. The number of ether oxygens (including phenoxy) is 2. The third-order valence-electron chi connectivity index (χ3n) is 4.87. The number of imidazole rings is 1. The number of hydrogen-bond acceptors (Lipinski definition) is 9. The van der Waals surface area contributed by atoms with Crippen LogP contribution in [0, 0.1) is 0 Å². The van der Waals surface area contributed by atoms with E-state index < -0.39 is 23.9 Å². The molecule has 0 saturated heterocycles. The number of amides is 1. The van der Waals surface area contributed by atoms with Crippen LogP contribution in [0.2, 0.25) is 0 Å². The van der Waals surface area contributed by atoms with E-state index in [1.54, 1.807) is 18.4 Å². The van der Waals surface area contributed by atoms with E-state index in [-0.39, 0.29) is 32.6 Å². The van der Waals surface area contributed by atoms with Crippen LogP contribution in [0.15, 0.2) is 43.0 Å². The fourth-order valence-corrected chi connectivity index (χ4v) is 3.29. The predicted octanol–water partition coefficient (Wildman–Crippen LogP) is 1.83. The van der Waals surface area contributed by atoms with Gasteiger partial charge in [0.2, 0.25) is 5.91 Å². The van der Waals surface area contributed by atoms with E-state index in [1.807, 2.05) is 30.3 Å². The molecule has 3 aromatic rings. The first kappa shape index (κ1) is 24.6. The van der Waals surface area contributed by atoms with Gasteiger partial charge < -0.3 is 24.7 Å². The summed E-state index contributed by atoms with van der Waals surface area (Å²) in [6.07, 6.45) is 2.94. The molecule has 0 radical (unpaired) electrons. The van der Waals surface area contributed by atoms with Gasteiger partial charge in [0.1, 0.15) is 24.4 Å². The van der Waals surface area contributed by atoms with Crippen molar-refractivity contribution in [2.24, 2.45) is 0 Å². The smallest absolute Gasteiger partial charge is 0.328 e. The van der Waals surface area contributed by atoms with Gasteiger partial charge in [-0.15, -0.1) is 0 Å². The number of aromatic nitrogens is 4. The molecule has 3 rings (SSSR count). The van der Waals surface area contributed by atoms with Crippen LogP contribution in [0.25, 0.3) is 11.2 Å². The molecule has 1 aromatic carbocycles. The summed E-state index contributed by atoms with van der Waals surface area (Å²) in [7, 11) is 0. The van der Waals surface area contributed by atoms with Gasteiger partial charge in [0, 0.05) is 13.0 Å². The second-order valence-corrected chi connectivity index (χ2v) is 7.32. The van der Waals surface area contributed by atoms with E-state index in [0.717, 1.165) is 5.56 Å². The van der Waals surface area contributed by atoms with Gasteiger partial charge in [0.05, 0.1) is 19.5 Å². The molecule has 0 spiro atoms. The second-order valence-electron chi connectivity index (χ2n) is 7.32. The molecule has 11 nitrogen and oxygen atoms in total. The predicted molar refractivity (Wildman–Crippen MR) is 124 cm³/mol. The van der Waals surface area contributed by atoms with Crippen molar-refractivity contribution in [3.63, 3.8) is 0 Å². The molecular weight excluding hydrogens is 440 g/mol. The first-order chi connectivity index (χ1) is 16.5. The number of carbonyl (C=O) groups excluding carboxylic acids is 3. The number of rotatable bonds is 12. The number of esters is 2. The van der Waals surface area contributed by atoms with E-state index in [4.69, 9.17) is 9.47 Å². The fourth-order valence-electron chi connectivity index (χ4n) is 3.29. The first-order valence-corrected chi connectivity index (χ1v) is 11.1. The summed E-state index contributed by atoms with van der Waals surface area (Å²) in [5, 5.41) is 5.87. The number of anilines is 1. The molecule has 0 unspecified atom stereocenters. The van der Waals surface area contributed by atoms with Gasteiger partial charge in [-0.1, -0.05) is 30.3 Å². The molecule has 0 aliphatic carbocycles. The van der Waals surface area contributed by atoms with Gasteiger partial charge in [-0.2, -0.15) is 0 Å². The van der Waals surface area contributed by atoms with Crippen LogP contribution in [0.1, 0.15) is 32.3 Å². The van der Waals surface area contributed by atoms with Crippen molar-refractivity contribution < 1.29 is 23.9 Å². The van der Waals surface area contributed by atoms with Crippen LogP contribution in [0.5, 0.6) is 0 Å². The fraction of sp³-hybridized carbons (Fsp3) is 0.391. The lowest BCUT2D eigenvalue weighted by Crippen LogP contribution is -2.43. The molecule has 0 aliphatic heterocycles. The molecular formula is C23H28N6O5. The Morgan fingerprint density at radius 1 is 1.03 bits per heavy atom. The normalized spacial score (nSPS) is 11.6.